The molecule has 1 heterocycles. The molecule has 0 aliphatic rings. The van der Waals surface area contributed by atoms with Crippen molar-refractivity contribution < 1.29 is 9.53 Å². The van der Waals surface area contributed by atoms with Gasteiger partial charge in [-0.15, -0.1) is 11.3 Å². The number of carbonyl (C=O) groups is 1. The van der Waals surface area contributed by atoms with Crippen LogP contribution in [0.15, 0.2) is 64.5 Å². The largest absolute Gasteiger partial charge is 0.495 e. The van der Waals surface area contributed by atoms with Crippen molar-refractivity contribution in [2.24, 2.45) is 0 Å². The Morgan fingerprint density at radius 1 is 1.12 bits per heavy atom. The molecule has 0 saturated heterocycles. The fraction of sp³-hybridized carbons (Fsp3) is 0.105. The number of methoxy groups -OCH3 is 1. The number of rotatable bonds is 5. The van der Waals surface area contributed by atoms with Gasteiger partial charge in [-0.3, -0.25) is 4.79 Å². The summed E-state index contributed by atoms with van der Waals surface area (Å²) in [6, 6.07) is 17.6. The standard InChI is InChI=1S/C19H16BrNO2S/c1-23-18-16(19(22)21-15-9-7-14(20)8-10-15)12-24-17(18)11-13-5-3-2-4-6-13/h2-10,12H,11H2,1H3,(H,21,22). The van der Waals surface area contributed by atoms with Crippen molar-refractivity contribution >= 4 is 38.9 Å². The van der Waals surface area contributed by atoms with E-state index >= 15 is 0 Å². The summed E-state index contributed by atoms with van der Waals surface area (Å²) in [7, 11) is 1.60. The third-order valence-corrected chi connectivity index (χ3v) is 5.07. The Labute approximate surface area is 153 Å². The van der Waals surface area contributed by atoms with Gasteiger partial charge in [0.2, 0.25) is 0 Å². The Bertz CT molecular complexity index is 828. The van der Waals surface area contributed by atoms with E-state index in [1.165, 1.54) is 5.56 Å². The molecule has 3 rings (SSSR count). The van der Waals surface area contributed by atoms with E-state index in [2.05, 4.69) is 33.4 Å². The van der Waals surface area contributed by atoms with Gasteiger partial charge >= 0.3 is 0 Å². The van der Waals surface area contributed by atoms with Gasteiger partial charge < -0.3 is 10.1 Å². The number of ether oxygens (including phenoxy) is 1. The number of benzene rings is 2. The van der Waals surface area contributed by atoms with Crippen LogP contribution in [-0.4, -0.2) is 13.0 Å². The summed E-state index contributed by atoms with van der Waals surface area (Å²) in [6.07, 6.45) is 0.750. The summed E-state index contributed by atoms with van der Waals surface area (Å²) in [5.41, 5.74) is 2.51. The first-order valence-corrected chi connectivity index (χ1v) is 9.10. The van der Waals surface area contributed by atoms with Gasteiger partial charge in [-0.25, -0.2) is 0 Å². The zero-order chi connectivity index (χ0) is 16.9. The molecular formula is C19H16BrNO2S. The summed E-state index contributed by atoms with van der Waals surface area (Å²) in [5, 5.41) is 4.76. The van der Waals surface area contributed by atoms with Gasteiger partial charge in [0, 0.05) is 22.0 Å². The van der Waals surface area contributed by atoms with Gasteiger partial charge in [-0.05, 0) is 29.8 Å². The van der Waals surface area contributed by atoms with Gasteiger partial charge in [0.05, 0.1) is 17.6 Å². The minimum Gasteiger partial charge on any atom is -0.495 e. The Hall–Kier alpha value is -2.11. The highest BCUT2D eigenvalue weighted by molar-refractivity contribution is 9.10. The summed E-state index contributed by atoms with van der Waals surface area (Å²) in [5.74, 6) is 0.489. The van der Waals surface area contributed by atoms with Gasteiger partial charge in [0.1, 0.15) is 5.75 Å². The zero-order valence-electron chi connectivity index (χ0n) is 13.1. The average molecular weight is 402 g/mol. The number of halogens is 1. The second-order valence-electron chi connectivity index (χ2n) is 5.23. The van der Waals surface area contributed by atoms with Gasteiger partial charge in [0.25, 0.3) is 5.91 Å². The lowest BCUT2D eigenvalue weighted by Crippen LogP contribution is -2.12. The van der Waals surface area contributed by atoms with E-state index in [1.54, 1.807) is 18.4 Å². The number of anilines is 1. The fourth-order valence-corrected chi connectivity index (χ4v) is 3.69. The van der Waals surface area contributed by atoms with Crippen molar-refractivity contribution in [3.05, 3.63) is 80.5 Å². The molecule has 3 nitrogen and oxygen atoms in total. The van der Waals surface area contributed by atoms with E-state index in [-0.39, 0.29) is 5.91 Å². The number of amides is 1. The molecule has 0 aliphatic heterocycles. The molecule has 1 aromatic heterocycles. The lowest BCUT2D eigenvalue weighted by atomic mass is 10.1. The van der Waals surface area contributed by atoms with Crippen LogP contribution in [0.25, 0.3) is 0 Å². The predicted molar refractivity (Wildman–Crippen MR) is 102 cm³/mol. The topological polar surface area (TPSA) is 38.3 Å². The highest BCUT2D eigenvalue weighted by Crippen LogP contribution is 2.33. The molecule has 0 radical (unpaired) electrons. The molecule has 5 heteroatoms. The normalized spacial score (nSPS) is 10.4. The number of thiophene rings is 1. The Kier molecular flexibility index (Phi) is 5.33. The van der Waals surface area contributed by atoms with Crippen LogP contribution in [0.5, 0.6) is 5.75 Å². The van der Waals surface area contributed by atoms with Gasteiger partial charge in [-0.2, -0.15) is 0 Å². The highest BCUT2D eigenvalue weighted by atomic mass is 79.9. The van der Waals surface area contributed by atoms with Crippen molar-refractivity contribution in [3.8, 4) is 5.75 Å². The third kappa shape index (κ3) is 3.86. The van der Waals surface area contributed by atoms with Crippen LogP contribution in [0.1, 0.15) is 20.8 Å². The summed E-state index contributed by atoms with van der Waals surface area (Å²) >= 11 is 4.93. The average Bonchev–Trinajstić information content (AvgIpc) is 3.00. The maximum absolute atomic E-state index is 12.5. The number of carbonyl (C=O) groups excluding carboxylic acids is 1. The Balaban J connectivity index is 1.80. The molecule has 0 fully saturated rings. The third-order valence-electron chi connectivity index (χ3n) is 3.58. The van der Waals surface area contributed by atoms with Gasteiger partial charge in [0.15, 0.2) is 0 Å². The summed E-state index contributed by atoms with van der Waals surface area (Å²) in [4.78, 5) is 13.6. The maximum Gasteiger partial charge on any atom is 0.260 e. The van der Waals surface area contributed by atoms with Crippen LogP contribution in [0.3, 0.4) is 0 Å². The van der Waals surface area contributed by atoms with E-state index in [9.17, 15) is 4.79 Å². The van der Waals surface area contributed by atoms with E-state index in [0.717, 1.165) is 21.5 Å². The van der Waals surface area contributed by atoms with Crippen molar-refractivity contribution in [3.63, 3.8) is 0 Å². The first-order valence-electron chi connectivity index (χ1n) is 7.42. The quantitative estimate of drug-likeness (QED) is 0.624. The van der Waals surface area contributed by atoms with Crippen LogP contribution in [0.2, 0.25) is 0 Å². The first kappa shape index (κ1) is 16.7. The zero-order valence-corrected chi connectivity index (χ0v) is 15.5. The maximum atomic E-state index is 12.5. The van der Waals surface area contributed by atoms with Crippen molar-refractivity contribution in [1.29, 1.82) is 0 Å². The van der Waals surface area contributed by atoms with E-state index in [4.69, 9.17) is 4.74 Å². The number of hydrogen-bond acceptors (Lipinski definition) is 3. The van der Waals surface area contributed by atoms with Crippen LogP contribution in [0, 0.1) is 0 Å². The lowest BCUT2D eigenvalue weighted by Gasteiger charge is -2.08. The van der Waals surface area contributed by atoms with Crippen LogP contribution in [0.4, 0.5) is 5.69 Å². The number of nitrogens with one attached hydrogen (secondary N) is 1. The van der Waals surface area contributed by atoms with Crippen molar-refractivity contribution in [1.82, 2.24) is 0 Å². The molecule has 122 valence electrons. The number of hydrogen-bond donors (Lipinski definition) is 1. The monoisotopic (exact) mass is 401 g/mol. The van der Waals surface area contributed by atoms with Crippen LogP contribution < -0.4 is 10.1 Å². The van der Waals surface area contributed by atoms with Gasteiger partial charge in [-0.1, -0.05) is 46.3 Å². The first-order chi connectivity index (χ1) is 11.7. The van der Waals surface area contributed by atoms with E-state index < -0.39 is 0 Å². The van der Waals surface area contributed by atoms with E-state index in [1.807, 2.05) is 47.8 Å². The molecule has 0 saturated carbocycles. The molecule has 24 heavy (non-hydrogen) atoms. The molecule has 0 atom stereocenters. The molecule has 0 spiro atoms. The second-order valence-corrected chi connectivity index (χ2v) is 7.11. The Morgan fingerprint density at radius 2 is 1.83 bits per heavy atom. The molecule has 1 amide bonds. The smallest absolute Gasteiger partial charge is 0.260 e. The second kappa shape index (κ2) is 7.64. The minimum absolute atomic E-state index is 0.162. The van der Waals surface area contributed by atoms with E-state index in [0.29, 0.717) is 11.3 Å². The molecule has 1 N–H and O–H groups in total. The lowest BCUT2D eigenvalue weighted by molar-refractivity contribution is 0.102. The van der Waals surface area contributed by atoms with Crippen LogP contribution >= 0.6 is 27.3 Å². The molecule has 0 bridgehead atoms. The molecule has 0 unspecified atom stereocenters. The summed E-state index contributed by atoms with van der Waals surface area (Å²) < 4.78 is 6.48. The Morgan fingerprint density at radius 3 is 2.50 bits per heavy atom. The molecule has 3 aromatic rings. The molecule has 2 aromatic carbocycles. The summed E-state index contributed by atoms with van der Waals surface area (Å²) in [6.45, 7) is 0. The minimum atomic E-state index is -0.162. The molecular weight excluding hydrogens is 386 g/mol. The highest BCUT2D eigenvalue weighted by Gasteiger charge is 2.19. The SMILES string of the molecule is COc1c(C(=O)Nc2ccc(Br)cc2)csc1Cc1ccccc1. The van der Waals surface area contributed by atoms with Crippen molar-refractivity contribution in [2.45, 2.75) is 6.42 Å². The molecule has 0 aliphatic carbocycles. The fourth-order valence-electron chi connectivity index (χ4n) is 2.40. The van der Waals surface area contributed by atoms with Crippen LogP contribution in [-0.2, 0) is 6.42 Å². The van der Waals surface area contributed by atoms with Crippen molar-refractivity contribution in [2.75, 3.05) is 12.4 Å². The predicted octanol–water partition coefficient (Wildman–Crippen LogP) is 5.36.